The molecule has 176 valence electrons. The van der Waals surface area contributed by atoms with E-state index >= 15 is 0 Å². The summed E-state index contributed by atoms with van der Waals surface area (Å²) in [5.41, 5.74) is 14.3. The molecule has 0 spiro atoms. The van der Waals surface area contributed by atoms with Crippen LogP contribution >= 0.6 is 0 Å². The maximum absolute atomic E-state index is 14.8. The van der Waals surface area contributed by atoms with Crippen LogP contribution in [0.25, 0.3) is 17.1 Å². The molecule has 10 nitrogen and oxygen atoms in total. The first kappa shape index (κ1) is 24.5. The summed E-state index contributed by atoms with van der Waals surface area (Å²) in [5, 5.41) is 30.2. The minimum absolute atomic E-state index is 0.0915. The van der Waals surface area contributed by atoms with Gasteiger partial charge < -0.3 is 16.2 Å². The van der Waals surface area contributed by atoms with E-state index < -0.39 is 17.2 Å². The van der Waals surface area contributed by atoms with Gasteiger partial charge in [-0.05, 0) is 45.4 Å². The Morgan fingerprint density at radius 1 is 1.41 bits per heavy atom. The third-order valence-electron chi connectivity index (χ3n) is 5.54. The van der Waals surface area contributed by atoms with Crippen molar-refractivity contribution in [1.29, 1.82) is 10.8 Å². The fraction of sp³-hybridized carbons (Fsp3) is 0.304. The zero-order chi connectivity index (χ0) is 25.0. The summed E-state index contributed by atoms with van der Waals surface area (Å²) >= 11 is 0. The first-order chi connectivity index (χ1) is 16.1. The monoisotopic (exact) mass is 463 g/mol. The fourth-order valence-electron chi connectivity index (χ4n) is 3.17. The van der Waals surface area contributed by atoms with Crippen LogP contribution < -0.4 is 11.1 Å². The lowest BCUT2D eigenvalue weighted by molar-refractivity contribution is 0.0257. The van der Waals surface area contributed by atoms with Gasteiger partial charge in [-0.15, -0.1) is 0 Å². The molecule has 1 atom stereocenters. The van der Waals surface area contributed by atoms with Crippen LogP contribution in [-0.2, 0) is 6.54 Å². The molecule has 0 saturated heterocycles. The Labute approximate surface area is 196 Å². The van der Waals surface area contributed by atoms with Crippen molar-refractivity contribution in [3.05, 3.63) is 65.0 Å². The van der Waals surface area contributed by atoms with Crippen molar-refractivity contribution in [2.24, 2.45) is 5.11 Å². The van der Waals surface area contributed by atoms with Crippen LogP contribution in [0.2, 0.25) is 0 Å². The van der Waals surface area contributed by atoms with E-state index in [-0.39, 0.29) is 29.8 Å². The first-order valence-corrected chi connectivity index (χ1v) is 10.5. The molecule has 1 unspecified atom stereocenters. The second-order valence-electron chi connectivity index (χ2n) is 8.32. The third kappa shape index (κ3) is 5.07. The van der Waals surface area contributed by atoms with Gasteiger partial charge in [0.25, 0.3) is 0 Å². The number of aromatic nitrogens is 4. The smallest absolute Gasteiger partial charge is 0.193 e. The van der Waals surface area contributed by atoms with E-state index in [9.17, 15) is 14.8 Å². The molecule has 1 aromatic carbocycles. The van der Waals surface area contributed by atoms with Gasteiger partial charge >= 0.3 is 0 Å². The SMILES string of the molecule is Cc1c(C#N)cccc1-c1nc(N)c(F)c(/C(=C/NCc2ccn(C(C)C(C)(C)O)n2)N=N)n1. The summed E-state index contributed by atoms with van der Waals surface area (Å²) < 4.78 is 16.4. The van der Waals surface area contributed by atoms with Gasteiger partial charge in [-0.25, -0.2) is 19.9 Å². The summed E-state index contributed by atoms with van der Waals surface area (Å²) in [7, 11) is 0. The summed E-state index contributed by atoms with van der Waals surface area (Å²) in [6, 6.07) is 8.67. The highest BCUT2D eigenvalue weighted by Crippen LogP contribution is 2.28. The van der Waals surface area contributed by atoms with Crippen LogP contribution in [0.5, 0.6) is 0 Å². The Kier molecular flexibility index (Phi) is 7.03. The van der Waals surface area contributed by atoms with Crippen molar-refractivity contribution in [2.75, 3.05) is 5.73 Å². The minimum atomic E-state index is -0.943. The summed E-state index contributed by atoms with van der Waals surface area (Å²) in [6.07, 6.45) is 3.10. The molecule has 0 aliphatic rings. The topological polar surface area (TPSA) is 162 Å². The number of nitrogens with one attached hydrogen (secondary N) is 2. The third-order valence-corrected chi connectivity index (χ3v) is 5.54. The molecule has 0 radical (unpaired) electrons. The molecule has 11 heteroatoms. The van der Waals surface area contributed by atoms with Crippen LogP contribution in [0.15, 0.2) is 41.8 Å². The molecular weight excluding hydrogens is 437 g/mol. The highest BCUT2D eigenvalue weighted by atomic mass is 19.1. The largest absolute Gasteiger partial charge is 0.388 e. The Morgan fingerprint density at radius 2 is 2.15 bits per heavy atom. The highest BCUT2D eigenvalue weighted by Gasteiger charge is 2.24. The lowest BCUT2D eigenvalue weighted by Gasteiger charge is -2.25. The number of hydrogen-bond acceptors (Lipinski definition) is 9. The van der Waals surface area contributed by atoms with Crippen molar-refractivity contribution >= 4 is 11.5 Å². The zero-order valence-electron chi connectivity index (χ0n) is 19.3. The minimum Gasteiger partial charge on any atom is -0.388 e. The summed E-state index contributed by atoms with van der Waals surface area (Å²) in [4.78, 5) is 8.27. The van der Waals surface area contributed by atoms with Gasteiger partial charge in [0.1, 0.15) is 11.4 Å². The number of rotatable bonds is 8. The number of nitrogens with zero attached hydrogens (tertiary/aromatic N) is 6. The van der Waals surface area contributed by atoms with Gasteiger partial charge in [-0.2, -0.15) is 15.5 Å². The molecule has 0 aliphatic heterocycles. The van der Waals surface area contributed by atoms with Gasteiger partial charge in [0.2, 0.25) is 0 Å². The van der Waals surface area contributed by atoms with Gasteiger partial charge in [0, 0.05) is 18.0 Å². The van der Waals surface area contributed by atoms with Crippen molar-refractivity contribution in [3.8, 4) is 17.5 Å². The number of aliphatic hydroxyl groups is 1. The second-order valence-corrected chi connectivity index (χ2v) is 8.32. The lowest BCUT2D eigenvalue weighted by Crippen LogP contribution is -2.31. The lowest BCUT2D eigenvalue weighted by atomic mass is 10.0. The van der Waals surface area contributed by atoms with Gasteiger partial charge in [0.15, 0.2) is 17.5 Å². The van der Waals surface area contributed by atoms with E-state index in [0.717, 1.165) is 0 Å². The molecule has 0 fully saturated rings. The van der Waals surface area contributed by atoms with Crippen molar-refractivity contribution in [3.63, 3.8) is 0 Å². The molecule has 5 N–H and O–H groups in total. The van der Waals surface area contributed by atoms with E-state index in [4.69, 9.17) is 11.3 Å². The van der Waals surface area contributed by atoms with Gasteiger partial charge in [-0.1, -0.05) is 12.1 Å². The van der Waals surface area contributed by atoms with Crippen molar-refractivity contribution in [2.45, 2.75) is 45.9 Å². The van der Waals surface area contributed by atoms with Crippen molar-refractivity contribution < 1.29 is 9.50 Å². The average molecular weight is 464 g/mol. The molecule has 3 aromatic rings. The molecule has 0 aliphatic carbocycles. The molecule has 2 heterocycles. The number of nitriles is 1. The maximum atomic E-state index is 14.8. The normalized spacial score (nSPS) is 12.8. The number of nitrogen functional groups attached to an aromatic ring is 1. The maximum Gasteiger partial charge on any atom is 0.193 e. The average Bonchev–Trinajstić information content (AvgIpc) is 3.26. The number of benzene rings is 1. The van der Waals surface area contributed by atoms with Crippen LogP contribution in [-0.4, -0.2) is 30.5 Å². The predicted molar refractivity (Wildman–Crippen MR) is 124 cm³/mol. The number of hydrogen-bond donors (Lipinski definition) is 4. The number of nitrogens with two attached hydrogens (primary N) is 1. The van der Waals surface area contributed by atoms with E-state index in [1.165, 1.54) is 6.20 Å². The number of halogens is 1. The van der Waals surface area contributed by atoms with Gasteiger partial charge in [0.05, 0.1) is 35.5 Å². The molecule has 0 saturated carbocycles. The number of anilines is 1. The second kappa shape index (κ2) is 9.76. The molecule has 0 amide bonds. The Bertz CT molecular complexity index is 1280. The molecule has 34 heavy (non-hydrogen) atoms. The standard InChI is InChI=1S/C23H26FN9O/c1-13-15(10-25)6-5-7-17(13)22-29-20(19(24)21(26)30-22)18(31-27)12-28-11-16-8-9-33(32-16)14(2)23(3,4)34/h5-9,12,14,27-28,34H,11H2,1-4H3,(H2,26,29,30)/b18-12-,31-27?. The Hall–Kier alpha value is -4.17. The first-order valence-electron chi connectivity index (χ1n) is 10.5. The van der Waals surface area contributed by atoms with E-state index in [0.29, 0.717) is 22.4 Å². The molecule has 3 rings (SSSR count). The van der Waals surface area contributed by atoms with Crippen LogP contribution in [0.4, 0.5) is 10.2 Å². The molecule has 2 aromatic heterocycles. The van der Waals surface area contributed by atoms with Crippen LogP contribution in [0, 0.1) is 29.6 Å². The zero-order valence-corrected chi connectivity index (χ0v) is 19.3. The molecular formula is C23H26FN9O. The summed E-state index contributed by atoms with van der Waals surface area (Å²) in [6.45, 7) is 7.27. The van der Waals surface area contributed by atoms with Crippen LogP contribution in [0.3, 0.4) is 0 Å². The van der Waals surface area contributed by atoms with Crippen molar-refractivity contribution in [1.82, 2.24) is 25.1 Å². The summed E-state index contributed by atoms with van der Waals surface area (Å²) in [5.74, 6) is -1.17. The fourth-order valence-corrected chi connectivity index (χ4v) is 3.17. The Balaban J connectivity index is 1.88. The molecule has 0 bridgehead atoms. The highest BCUT2D eigenvalue weighted by molar-refractivity contribution is 5.69. The van der Waals surface area contributed by atoms with E-state index in [1.54, 1.807) is 55.9 Å². The van der Waals surface area contributed by atoms with Gasteiger partial charge in [-0.3, -0.25) is 4.68 Å². The predicted octanol–water partition coefficient (Wildman–Crippen LogP) is 3.69. The van der Waals surface area contributed by atoms with E-state index in [2.05, 4.69) is 31.6 Å². The Morgan fingerprint density at radius 3 is 2.79 bits per heavy atom. The quantitative estimate of drug-likeness (QED) is 0.370. The van der Waals surface area contributed by atoms with E-state index in [1.807, 2.05) is 6.92 Å². The van der Waals surface area contributed by atoms with Crippen LogP contribution in [0.1, 0.15) is 49.3 Å².